The van der Waals surface area contributed by atoms with Crippen molar-refractivity contribution in [3.63, 3.8) is 0 Å². The van der Waals surface area contributed by atoms with Crippen molar-refractivity contribution in [2.45, 2.75) is 24.3 Å². The highest BCUT2D eigenvalue weighted by molar-refractivity contribution is 7.89. The van der Waals surface area contributed by atoms with Crippen molar-refractivity contribution < 1.29 is 8.42 Å². The molecule has 4 aromatic rings. The molecular weight excluding hydrogens is 394 g/mol. The highest BCUT2D eigenvalue weighted by Crippen LogP contribution is 2.19. The Morgan fingerprint density at radius 3 is 2.67 bits per heavy atom. The molecule has 4 rings (SSSR count). The van der Waals surface area contributed by atoms with E-state index in [1.165, 1.54) is 16.3 Å². The van der Waals surface area contributed by atoms with Crippen LogP contribution < -0.4 is 10.0 Å². The van der Waals surface area contributed by atoms with E-state index in [-0.39, 0.29) is 10.9 Å². The minimum absolute atomic E-state index is 0.226. The number of pyridine rings is 1. The van der Waals surface area contributed by atoms with Gasteiger partial charge in [-0.05, 0) is 59.8 Å². The van der Waals surface area contributed by atoms with Crippen molar-refractivity contribution >= 4 is 31.6 Å². The third-order valence-electron chi connectivity index (χ3n) is 5.18. The first kappa shape index (κ1) is 20.5. The molecular formula is C24H25N3O2S. The molecule has 3 aromatic carbocycles. The van der Waals surface area contributed by atoms with Gasteiger partial charge in [-0.15, -0.1) is 0 Å². The number of aromatic nitrogens is 1. The first-order chi connectivity index (χ1) is 14.5. The van der Waals surface area contributed by atoms with E-state index in [0.29, 0.717) is 6.54 Å². The van der Waals surface area contributed by atoms with Gasteiger partial charge in [-0.3, -0.25) is 4.98 Å². The Kier molecular flexibility index (Phi) is 6.08. The molecule has 0 aliphatic heterocycles. The van der Waals surface area contributed by atoms with Crippen LogP contribution in [0.5, 0.6) is 0 Å². The summed E-state index contributed by atoms with van der Waals surface area (Å²) in [5.74, 6) is 0. The second-order valence-corrected chi connectivity index (χ2v) is 9.21. The Morgan fingerprint density at radius 1 is 0.933 bits per heavy atom. The molecule has 30 heavy (non-hydrogen) atoms. The van der Waals surface area contributed by atoms with Gasteiger partial charge in [0.05, 0.1) is 4.90 Å². The van der Waals surface area contributed by atoms with Crippen molar-refractivity contribution in [1.82, 2.24) is 15.0 Å². The fraction of sp³-hybridized carbons (Fsp3) is 0.208. The highest BCUT2D eigenvalue weighted by atomic mass is 32.2. The van der Waals surface area contributed by atoms with Gasteiger partial charge in [-0.1, -0.05) is 48.5 Å². The van der Waals surface area contributed by atoms with Crippen molar-refractivity contribution in [2.75, 3.05) is 13.1 Å². The van der Waals surface area contributed by atoms with E-state index in [4.69, 9.17) is 0 Å². The predicted octanol–water partition coefficient (Wildman–Crippen LogP) is 3.89. The van der Waals surface area contributed by atoms with Crippen LogP contribution in [0.15, 0.2) is 84.0 Å². The van der Waals surface area contributed by atoms with Gasteiger partial charge in [-0.2, -0.15) is 0 Å². The standard InChI is InChI=1S/C24H25N3O2S/c1-18(16-25-13-11-20-7-4-6-19-5-2-3-8-24(19)20)27-30(28,29)23-10-9-22-17-26-14-12-21(22)15-23/h2-10,12,14-15,17-18,25,27H,11,13,16H2,1H3/t18-/m0/s1. The Labute approximate surface area is 177 Å². The molecule has 2 N–H and O–H groups in total. The minimum atomic E-state index is -3.58. The third kappa shape index (κ3) is 4.67. The van der Waals surface area contributed by atoms with Crippen LogP contribution in [0.3, 0.4) is 0 Å². The van der Waals surface area contributed by atoms with Gasteiger partial charge >= 0.3 is 0 Å². The van der Waals surface area contributed by atoms with Crippen LogP contribution in [-0.2, 0) is 16.4 Å². The summed E-state index contributed by atoms with van der Waals surface area (Å²) < 4.78 is 28.2. The second kappa shape index (κ2) is 8.92. The number of fused-ring (bicyclic) bond motifs is 2. The van der Waals surface area contributed by atoms with E-state index in [1.54, 1.807) is 30.6 Å². The zero-order chi connectivity index (χ0) is 21.0. The zero-order valence-electron chi connectivity index (χ0n) is 16.9. The molecule has 1 heterocycles. The van der Waals surface area contributed by atoms with E-state index in [2.05, 4.69) is 51.4 Å². The number of hydrogen-bond donors (Lipinski definition) is 2. The Morgan fingerprint density at radius 2 is 1.77 bits per heavy atom. The molecule has 5 nitrogen and oxygen atoms in total. The lowest BCUT2D eigenvalue weighted by molar-refractivity contribution is 0.537. The topological polar surface area (TPSA) is 71.1 Å². The normalized spacial score (nSPS) is 13.0. The third-order valence-corrected chi connectivity index (χ3v) is 6.77. The van der Waals surface area contributed by atoms with E-state index < -0.39 is 10.0 Å². The Hall–Kier alpha value is -2.80. The van der Waals surface area contributed by atoms with Crippen LogP contribution in [0.25, 0.3) is 21.5 Å². The lowest BCUT2D eigenvalue weighted by atomic mass is 10.0. The average Bonchev–Trinajstić information content (AvgIpc) is 2.76. The van der Waals surface area contributed by atoms with Crippen LogP contribution in [-0.4, -0.2) is 32.5 Å². The lowest BCUT2D eigenvalue weighted by Crippen LogP contribution is -2.40. The number of sulfonamides is 1. The fourth-order valence-corrected chi connectivity index (χ4v) is 4.93. The molecule has 0 amide bonds. The molecule has 0 aliphatic carbocycles. The predicted molar refractivity (Wildman–Crippen MR) is 122 cm³/mol. The smallest absolute Gasteiger partial charge is 0.240 e. The maximum Gasteiger partial charge on any atom is 0.240 e. The van der Waals surface area contributed by atoms with Gasteiger partial charge < -0.3 is 5.32 Å². The number of nitrogens with one attached hydrogen (secondary N) is 2. The molecule has 0 bridgehead atoms. The summed E-state index contributed by atoms with van der Waals surface area (Å²) in [5.41, 5.74) is 1.29. The summed E-state index contributed by atoms with van der Waals surface area (Å²) in [7, 11) is -3.58. The molecule has 0 aliphatic rings. The summed E-state index contributed by atoms with van der Waals surface area (Å²) in [6.07, 6.45) is 4.27. The Bertz CT molecular complexity index is 1270. The van der Waals surface area contributed by atoms with Crippen molar-refractivity contribution in [1.29, 1.82) is 0 Å². The number of benzene rings is 3. The molecule has 0 unspecified atom stereocenters. The van der Waals surface area contributed by atoms with Crippen molar-refractivity contribution in [3.8, 4) is 0 Å². The van der Waals surface area contributed by atoms with Gasteiger partial charge in [0, 0.05) is 30.4 Å². The van der Waals surface area contributed by atoms with Gasteiger partial charge in [0.1, 0.15) is 0 Å². The first-order valence-electron chi connectivity index (χ1n) is 10.1. The molecule has 0 spiro atoms. The van der Waals surface area contributed by atoms with Gasteiger partial charge in [0.2, 0.25) is 10.0 Å². The molecule has 6 heteroatoms. The van der Waals surface area contributed by atoms with Gasteiger partial charge in [-0.25, -0.2) is 13.1 Å². The van der Waals surface area contributed by atoms with E-state index >= 15 is 0 Å². The molecule has 1 atom stereocenters. The summed E-state index contributed by atoms with van der Waals surface area (Å²) in [6.45, 7) is 3.21. The number of rotatable bonds is 8. The van der Waals surface area contributed by atoms with E-state index in [9.17, 15) is 8.42 Å². The largest absolute Gasteiger partial charge is 0.315 e. The highest BCUT2D eigenvalue weighted by Gasteiger charge is 2.17. The maximum atomic E-state index is 12.7. The van der Waals surface area contributed by atoms with Crippen LogP contribution >= 0.6 is 0 Å². The molecule has 154 valence electrons. The van der Waals surface area contributed by atoms with E-state index in [0.717, 1.165) is 23.7 Å². The summed E-state index contributed by atoms with van der Waals surface area (Å²) >= 11 is 0. The van der Waals surface area contributed by atoms with Crippen molar-refractivity contribution in [2.24, 2.45) is 0 Å². The fourth-order valence-electron chi connectivity index (χ4n) is 3.66. The van der Waals surface area contributed by atoms with Gasteiger partial charge in [0.25, 0.3) is 0 Å². The first-order valence-corrected chi connectivity index (χ1v) is 11.5. The van der Waals surface area contributed by atoms with Crippen LogP contribution in [0, 0.1) is 0 Å². The van der Waals surface area contributed by atoms with Crippen LogP contribution in [0.4, 0.5) is 0 Å². The molecule has 0 fully saturated rings. The second-order valence-electron chi connectivity index (χ2n) is 7.50. The van der Waals surface area contributed by atoms with E-state index in [1.807, 2.05) is 19.1 Å². The Balaban J connectivity index is 1.33. The quantitative estimate of drug-likeness (QED) is 0.425. The average molecular weight is 420 g/mol. The molecule has 0 radical (unpaired) electrons. The van der Waals surface area contributed by atoms with Crippen molar-refractivity contribution in [3.05, 3.63) is 84.7 Å². The SMILES string of the molecule is C[C@@H](CNCCc1cccc2ccccc12)NS(=O)(=O)c1ccc2cnccc2c1. The minimum Gasteiger partial charge on any atom is -0.315 e. The maximum absolute atomic E-state index is 12.7. The molecule has 0 saturated carbocycles. The van der Waals surface area contributed by atoms with Crippen LogP contribution in [0.2, 0.25) is 0 Å². The number of hydrogen-bond acceptors (Lipinski definition) is 4. The molecule has 0 saturated heterocycles. The summed E-state index contributed by atoms with van der Waals surface area (Å²) in [5, 5.41) is 7.64. The lowest BCUT2D eigenvalue weighted by Gasteiger charge is -2.16. The zero-order valence-corrected chi connectivity index (χ0v) is 17.7. The van der Waals surface area contributed by atoms with Crippen LogP contribution in [0.1, 0.15) is 12.5 Å². The molecule has 1 aromatic heterocycles. The summed E-state index contributed by atoms with van der Waals surface area (Å²) in [6, 6.07) is 21.4. The van der Waals surface area contributed by atoms with Gasteiger partial charge in [0.15, 0.2) is 0 Å². The summed E-state index contributed by atoms with van der Waals surface area (Å²) in [4.78, 5) is 4.33. The monoisotopic (exact) mass is 419 g/mol. The number of nitrogens with zero attached hydrogens (tertiary/aromatic N) is 1.